The summed E-state index contributed by atoms with van der Waals surface area (Å²) in [6, 6.07) is 13.4. The molecule has 0 bridgehead atoms. The highest BCUT2D eigenvalue weighted by Gasteiger charge is 2.19. The van der Waals surface area contributed by atoms with Crippen molar-refractivity contribution in [2.75, 3.05) is 20.3 Å². The van der Waals surface area contributed by atoms with E-state index in [9.17, 15) is 4.79 Å². The summed E-state index contributed by atoms with van der Waals surface area (Å²) in [5.74, 6) is 0.360. The predicted octanol–water partition coefficient (Wildman–Crippen LogP) is 4.20. The second-order valence-electron chi connectivity index (χ2n) is 7.59. The Morgan fingerprint density at radius 1 is 1.23 bits per heavy atom. The van der Waals surface area contributed by atoms with Gasteiger partial charge in [0.05, 0.1) is 18.9 Å². The van der Waals surface area contributed by atoms with Gasteiger partial charge in [0.15, 0.2) is 11.3 Å². The van der Waals surface area contributed by atoms with Crippen LogP contribution >= 0.6 is 0 Å². The minimum absolute atomic E-state index is 0.0610. The first-order chi connectivity index (χ1) is 14.5. The van der Waals surface area contributed by atoms with Crippen LogP contribution in [-0.2, 0) is 4.74 Å². The van der Waals surface area contributed by atoms with Crippen LogP contribution < -0.4 is 15.6 Å². The van der Waals surface area contributed by atoms with E-state index in [1.165, 1.54) is 0 Å². The predicted molar refractivity (Wildman–Crippen MR) is 115 cm³/mol. The Morgan fingerprint density at radius 2 is 2.10 bits per heavy atom. The smallest absolute Gasteiger partial charge is 0.256 e. The lowest BCUT2D eigenvalue weighted by molar-refractivity contribution is 0.0854. The van der Waals surface area contributed by atoms with Gasteiger partial charge in [-0.25, -0.2) is 4.99 Å². The normalized spacial score (nSPS) is 16.8. The Kier molecular flexibility index (Phi) is 5.86. The van der Waals surface area contributed by atoms with Crippen molar-refractivity contribution in [1.29, 1.82) is 0 Å². The van der Waals surface area contributed by atoms with E-state index in [4.69, 9.17) is 18.9 Å². The molecule has 156 valence electrons. The van der Waals surface area contributed by atoms with Crippen LogP contribution in [-0.4, -0.2) is 32.3 Å². The van der Waals surface area contributed by atoms with Gasteiger partial charge in [-0.2, -0.15) is 0 Å². The number of hydrogen-bond donors (Lipinski definition) is 1. The summed E-state index contributed by atoms with van der Waals surface area (Å²) >= 11 is 0. The number of carbonyl (C=O) groups excluding carboxylic acids is 1. The number of hydrogen-bond acceptors (Lipinski definition) is 5. The zero-order valence-corrected chi connectivity index (χ0v) is 17.5. The quantitative estimate of drug-likeness (QED) is 0.689. The van der Waals surface area contributed by atoms with Crippen LogP contribution in [0.3, 0.4) is 0 Å². The number of nitrogens with one attached hydrogen (secondary N) is 1. The maximum absolute atomic E-state index is 13.0. The fourth-order valence-corrected chi connectivity index (χ4v) is 3.59. The molecule has 1 aliphatic rings. The molecule has 1 amide bonds. The van der Waals surface area contributed by atoms with Gasteiger partial charge < -0.3 is 19.2 Å². The van der Waals surface area contributed by atoms with Crippen molar-refractivity contribution in [1.82, 2.24) is 5.32 Å². The standard InChI is InChI=1S/C24H26N2O4/c1-15-9-10-16(2)20(12-15)26-24-19(23(27)25-14-18-7-5-11-29-18)13-17-6-4-8-21(28-3)22(17)30-24/h4,6,8-10,12-13,18H,5,7,11,14H2,1-3H3,(H,25,27). The summed E-state index contributed by atoms with van der Waals surface area (Å²) in [4.78, 5) is 17.8. The average Bonchev–Trinajstić information content (AvgIpc) is 3.27. The minimum Gasteiger partial charge on any atom is -0.493 e. The molecule has 1 unspecified atom stereocenters. The molecule has 4 rings (SSSR count). The number of rotatable bonds is 5. The third-order valence-corrected chi connectivity index (χ3v) is 5.30. The van der Waals surface area contributed by atoms with Gasteiger partial charge >= 0.3 is 0 Å². The molecule has 1 saturated heterocycles. The number of carbonyl (C=O) groups is 1. The van der Waals surface area contributed by atoms with E-state index in [-0.39, 0.29) is 17.6 Å². The lowest BCUT2D eigenvalue weighted by Gasteiger charge is -2.12. The van der Waals surface area contributed by atoms with Gasteiger partial charge in [-0.1, -0.05) is 24.3 Å². The van der Waals surface area contributed by atoms with Crippen LogP contribution in [0.25, 0.3) is 11.0 Å². The summed E-state index contributed by atoms with van der Waals surface area (Å²) in [5, 5.41) is 3.75. The van der Waals surface area contributed by atoms with Crippen molar-refractivity contribution in [3.05, 3.63) is 64.7 Å². The number of para-hydroxylation sites is 1. The first-order valence-corrected chi connectivity index (χ1v) is 10.2. The third kappa shape index (κ3) is 4.24. The monoisotopic (exact) mass is 406 g/mol. The number of aryl methyl sites for hydroxylation is 2. The molecule has 0 radical (unpaired) electrons. The van der Waals surface area contributed by atoms with Gasteiger partial charge in [0.1, 0.15) is 5.56 Å². The molecular weight excluding hydrogens is 380 g/mol. The van der Waals surface area contributed by atoms with Crippen LogP contribution in [0, 0.1) is 13.8 Å². The Hall–Kier alpha value is -3.12. The number of methoxy groups -OCH3 is 1. The van der Waals surface area contributed by atoms with Crippen LogP contribution in [0.5, 0.6) is 5.75 Å². The maximum atomic E-state index is 13.0. The van der Waals surface area contributed by atoms with Crippen molar-refractivity contribution < 1.29 is 18.7 Å². The largest absolute Gasteiger partial charge is 0.493 e. The van der Waals surface area contributed by atoms with E-state index < -0.39 is 0 Å². The summed E-state index contributed by atoms with van der Waals surface area (Å²) < 4.78 is 17.2. The second kappa shape index (κ2) is 8.71. The first kappa shape index (κ1) is 20.2. The molecule has 1 N–H and O–H groups in total. The van der Waals surface area contributed by atoms with Crippen LogP contribution in [0.1, 0.15) is 34.3 Å². The lowest BCUT2D eigenvalue weighted by atomic mass is 10.1. The molecular formula is C24H26N2O4. The zero-order chi connectivity index (χ0) is 21.1. The molecule has 1 aromatic heterocycles. The Bertz CT molecular complexity index is 1140. The van der Waals surface area contributed by atoms with Crippen LogP contribution in [0.15, 0.2) is 51.9 Å². The number of fused-ring (bicyclic) bond motifs is 1. The van der Waals surface area contributed by atoms with Gasteiger partial charge in [0.25, 0.3) is 5.91 Å². The molecule has 0 aliphatic carbocycles. The molecule has 1 fully saturated rings. The molecule has 2 aromatic carbocycles. The minimum atomic E-state index is -0.233. The van der Waals surface area contributed by atoms with Gasteiger partial charge in [-0.3, -0.25) is 4.79 Å². The fourth-order valence-electron chi connectivity index (χ4n) is 3.59. The summed E-state index contributed by atoms with van der Waals surface area (Å²) in [5.41, 5.74) is 4.05. The van der Waals surface area contributed by atoms with E-state index in [0.717, 1.165) is 41.6 Å². The molecule has 6 heteroatoms. The van der Waals surface area contributed by atoms with Crippen molar-refractivity contribution in [3.8, 4) is 5.75 Å². The van der Waals surface area contributed by atoms with E-state index in [1.807, 2.05) is 50.2 Å². The number of benzene rings is 2. The van der Waals surface area contributed by atoms with Gasteiger partial charge in [0.2, 0.25) is 5.55 Å². The second-order valence-corrected chi connectivity index (χ2v) is 7.59. The molecule has 3 aromatic rings. The van der Waals surface area contributed by atoms with Crippen LogP contribution in [0.4, 0.5) is 5.69 Å². The van der Waals surface area contributed by atoms with Gasteiger partial charge in [-0.15, -0.1) is 0 Å². The zero-order valence-electron chi connectivity index (χ0n) is 17.5. The van der Waals surface area contributed by atoms with Crippen LogP contribution in [0.2, 0.25) is 0 Å². The van der Waals surface area contributed by atoms with Gasteiger partial charge in [0, 0.05) is 18.5 Å². The number of amides is 1. The van der Waals surface area contributed by atoms with E-state index in [1.54, 1.807) is 13.2 Å². The Balaban J connectivity index is 1.82. The SMILES string of the molecule is COc1cccc2cc(C(=O)NCC3CCCO3)c(=Nc3cc(C)ccc3C)oc12. The first-order valence-electron chi connectivity index (χ1n) is 10.2. The molecule has 0 spiro atoms. The van der Waals surface area contributed by atoms with Crippen molar-refractivity contribution in [2.24, 2.45) is 4.99 Å². The lowest BCUT2D eigenvalue weighted by Crippen LogP contribution is -2.34. The topological polar surface area (TPSA) is 73.1 Å². The number of nitrogens with zero attached hydrogens (tertiary/aromatic N) is 1. The summed E-state index contributed by atoms with van der Waals surface area (Å²) in [6.07, 6.45) is 2.05. The highest BCUT2D eigenvalue weighted by Crippen LogP contribution is 2.25. The fraction of sp³-hybridized carbons (Fsp3) is 0.333. The highest BCUT2D eigenvalue weighted by molar-refractivity contribution is 5.97. The van der Waals surface area contributed by atoms with Crippen molar-refractivity contribution in [2.45, 2.75) is 32.8 Å². The van der Waals surface area contributed by atoms with E-state index in [0.29, 0.717) is 23.4 Å². The number of ether oxygens (including phenoxy) is 2. The average molecular weight is 406 g/mol. The van der Waals surface area contributed by atoms with E-state index in [2.05, 4.69) is 5.32 Å². The molecule has 6 nitrogen and oxygen atoms in total. The molecule has 1 aliphatic heterocycles. The summed E-state index contributed by atoms with van der Waals surface area (Å²) in [7, 11) is 1.59. The summed E-state index contributed by atoms with van der Waals surface area (Å²) in [6.45, 7) is 5.21. The third-order valence-electron chi connectivity index (χ3n) is 5.30. The van der Waals surface area contributed by atoms with E-state index >= 15 is 0 Å². The van der Waals surface area contributed by atoms with Crippen molar-refractivity contribution in [3.63, 3.8) is 0 Å². The molecule has 30 heavy (non-hydrogen) atoms. The maximum Gasteiger partial charge on any atom is 0.256 e. The molecule has 0 saturated carbocycles. The molecule has 2 heterocycles. The highest BCUT2D eigenvalue weighted by atomic mass is 16.5. The Labute approximate surface area is 175 Å². The molecule has 1 atom stereocenters. The van der Waals surface area contributed by atoms with Gasteiger partial charge in [-0.05, 0) is 56.0 Å². The Morgan fingerprint density at radius 3 is 2.87 bits per heavy atom. The van der Waals surface area contributed by atoms with Crippen molar-refractivity contribution >= 4 is 22.6 Å².